The number of anilines is 1. The minimum atomic E-state index is -0.0946. The van der Waals surface area contributed by atoms with E-state index in [1.54, 1.807) is 11.8 Å². The van der Waals surface area contributed by atoms with Gasteiger partial charge in [0.15, 0.2) is 0 Å². The van der Waals surface area contributed by atoms with Gasteiger partial charge < -0.3 is 10.2 Å². The summed E-state index contributed by atoms with van der Waals surface area (Å²) < 4.78 is 0. The van der Waals surface area contributed by atoms with Crippen molar-refractivity contribution in [3.63, 3.8) is 0 Å². The second-order valence-electron chi connectivity index (χ2n) is 4.66. The highest BCUT2D eigenvalue weighted by atomic mass is 16.2. The molecule has 2 amide bonds. The number of carbonyl (C=O) groups is 2. The molecule has 0 bridgehead atoms. The summed E-state index contributed by atoms with van der Waals surface area (Å²) in [6.45, 7) is 2.86. The summed E-state index contributed by atoms with van der Waals surface area (Å²) in [5, 5.41) is 2.89. The Kier molecular flexibility index (Phi) is 3.97. The molecule has 1 aromatic rings. The van der Waals surface area contributed by atoms with E-state index in [4.69, 9.17) is 0 Å². The van der Waals surface area contributed by atoms with Gasteiger partial charge in [0.25, 0.3) is 0 Å². The van der Waals surface area contributed by atoms with Crippen LogP contribution < -0.4 is 5.32 Å². The van der Waals surface area contributed by atoms with Crippen molar-refractivity contribution < 1.29 is 9.59 Å². The van der Waals surface area contributed by atoms with Gasteiger partial charge in [0.2, 0.25) is 11.8 Å². The zero-order chi connectivity index (χ0) is 13.0. The first-order valence-electron chi connectivity index (χ1n) is 6.28. The first-order chi connectivity index (χ1) is 8.66. The van der Waals surface area contributed by atoms with Gasteiger partial charge >= 0.3 is 0 Å². The van der Waals surface area contributed by atoms with Crippen molar-refractivity contribution in [2.24, 2.45) is 5.92 Å². The van der Waals surface area contributed by atoms with Gasteiger partial charge in [-0.05, 0) is 25.0 Å². The summed E-state index contributed by atoms with van der Waals surface area (Å²) in [6.07, 6.45) is 1.74. The lowest BCUT2D eigenvalue weighted by molar-refractivity contribution is -0.132. The summed E-state index contributed by atoms with van der Waals surface area (Å²) in [5.74, 6) is -0.0396. The average Bonchev–Trinajstić information content (AvgIpc) is 2.40. The van der Waals surface area contributed by atoms with Crippen molar-refractivity contribution in [3.8, 4) is 0 Å². The summed E-state index contributed by atoms with van der Waals surface area (Å²) in [4.78, 5) is 25.2. The van der Waals surface area contributed by atoms with Crippen molar-refractivity contribution in [2.45, 2.75) is 19.8 Å². The molecule has 1 heterocycles. The second kappa shape index (κ2) is 5.67. The van der Waals surface area contributed by atoms with E-state index in [0.29, 0.717) is 6.54 Å². The zero-order valence-corrected chi connectivity index (χ0v) is 10.6. The van der Waals surface area contributed by atoms with Crippen LogP contribution in [0.25, 0.3) is 0 Å². The number of hydrogen-bond donors (Lipinski definition) is 1. The van der Waals surface area contributed by atoms with E-state index in [2.05, 4.69) is 5.32 Å². The van der Waals surface area contributed by atoms with Gasteiger partial charge in [-0.3, -0.25) is 9.59 Å². The first kappa shape index (κ1) is 12.6. The van der Waals surface area contributed by atoms with Crippen LogP contribution in [-0.4, -0.2) is 29.8 Å². The number of benzene rings is 1. The SMILES string of the molecule is CC(=O)N1CCCC(C(=O)Nc2ccccc2)C1. The predicted octanol–water partition coefficient (Wildman–Crippen LogP) is 1.88. The molecule has 1 aliphatic rings. The Balaban J connectivity index is 1.95. The molecule has 1 aliphatic heterocycles. The number of nitrogens with zero attached hydrogens (tertiary/aromatic N) is 1. The van der Waals surface area contributed by atoms with Crippen LogP contribution in [0.2, 0.25) is 0 Å². The van der Waals surface area contributed by atoms with Gasteiger partial charge in [-0.25, -0.2) is 0 Å². The van der Waals surface area contributed by atoms with E-state index in [-0.39, 0.29) is 17.7 Å². The number of piperidine rings is 1. The fourth-order valence-corrected chi connectivity index (χ4v) is 2.24. The van der Waals surface area contributed by atoms with Crippen LogP contribution in [0.4, 0.5) is 5.69 Å². The van der Waals surface area contributed by atoms with Gasteiger partial charge in [0.05, 0.1) is 5.92 Å². The average molecular weight is 246 g/mol. The molecule has 4 nitrogen and oxygen atoms in total. The molecule has 0 aromatic heterocycles. The van der Waals surface area contributed by atoms with E-state index in [1.807, 2.05) is 30.3 Å². The second-order valence-corrected chi connectivity index (χ2v) is 4.66. The van der Waals surface area contributed by atoms with E-state index < -0.39 is 0 Å². The van der Waals surface area contributed by atoms with Crippen molar-refractivity contribution in [1.29, 1.82) is 0 Å². The Morgan fingerprint density at radius 3 is 2.67 bits per heavy atom. The van der Waals surface area contributed by atoms with Crippen molar-refractivity contribution in [2.75, 3.05) is 18.4 Å². The molecule has 1 fully saturated rings. The Morgan fingerprint density at radius 2 is 2.00 bits per heavy atom. The number of para-hydroxylation sites is 1. The third-order valence-electron chi connectivity index (χ3n) is 3.28. The van der Waals surface area contributed by atoms with Gasteiger partial charge in [-0.15, -0.1) is 0 Å². The van der Waals surface area contributed by atoms with E-state index in [1.165, 1.54) is 0 Å². The normalized spacial score (nSPS) is 19.4. The van der Waals surface area contributed by atoms with Gasteiger partial charge in [0, 0.05) is 25.7 Å². The van der Waals surface area contributed by atoms with Gasteiger partial charge in [-0.1, -0.05) is 18.2 Å². The number of carbonyl (C=O) groups excluding carboxylic acids is 2. The topological polar surface area (TPSA) is 49.4 Å². The van der Waals surface area contributed by atoms with Crippen LogP contribution in [0.15, 0.2) is 30.3 Å². The van der Waals surface area contributed by atoms with Gasteiger partial charge in [-0.2, -0.15) is 0 Å². The lowest BCUT2D eigenvalue weighted by atomic mass is 9.97. The van der Waals surface area contributed by atoms with Crippen LogP contribution >= 0.6 is 0 Å². The van der Waals surface area contributed by atoms with E-state index >= 15 is 0 Å². The van der Waals surface area contributed by atoms with E-state index in [0.717, 1.165) is 25.1 Å². The molecule has 0 spiro atoms. The van der Waals surface area contributed by atoms with Crippen LogP contribution in [0, 0.1) is 5.92 Å². The predicted molar refractivity (Wildman–Crippen MR) is 70.0 cm³/mol. The fourth-order valence-electron chi connectivity index (χ4n) is 2.24. The highest BCUT2D eigenvalue weighted by Gasteiger charge is 2.26. The minimum absolute atomic E-state index is 0.00662. The molecule has 1 unspecified atom stereocenters. The van der Waals surface area contributed by atoms with Crippen molar-refractivity contribution in [1.82, 2.24) is 4.90 Å². The summed E-state index contributed by atoms with van der Waals surface area (Å²) in [6, 6.07) is 9.41. The van der Waals surface area contributed by atoms with Crippen LogP contribution in [-0.2, 0) is 9.59 Å². The number of likely N-dealkylation sites (tertiary alicyclic amines) is 1. The van der Waals surface area contributed by atoms with Crippen molar-refractivity contribution >= 4 is 17.5 Å². The lowest BCUT2D eigenvalue weighted by Crippen LogP contribution is -2.42. The Morgan fingerprint density at radius 1 is 1.28 bits per heavy atom. The third kappa shape index (κ3) is 3.09. The number of amides is 2. The molecule has 0 radical (unpaired) electrons. The molecular formula is C14H18N2O2. The zero-order valence-electron chi connectivity index (χ0n) is 10.6. The Labute approximate surface area is 107 Å². The number of nitrogens with one attached hydrogen (secondary N) is 1. The quantitative estimate of drug-likeness (QED) is 0.866. The molecule has 1 saturated heterocycles. The first-order valence-corrected chi connectivity index (χ1v) is 6.28. The highest BCUT2D eigenvalue weighted by molar-refractivity contribution is 5.93. The van der Waals surface area contributed by atoms with Crippen molar-refractivity contribution in [3.05, 3.63) is 30.3 Å². The molecule has 1 N–H and O–H groups in total. The maximum Gasteiger partial charge on any atom is 0.229 e. The molecular weight excluding hydrogens is 228 g/mol. The largest absolute Gasteiger partial charge is 0.342 e. The molecule has 0 saturated carbocycles. The molecule has 1 aromatic carbocycles. The number of hydrogen-bond acceptors (Lipinski definition) is 2. The standard InChI is InChI=1S/C14H18N2O2/c1-11(17)16-9-5-6-12(10-16)14(18)15-13-7-3-2-4-8-13/h2-4,7-8,12H,5-6,9-10H2,1H3,(H,15,18). The fraction of sp³-hybridized carbons (Fsp3) is 0.429. The lowest BCUT2D eigenvalue weighted by Gasteiger charge is -2.31. The maximum atomic E-state index is 12.1. The number of rotatable bonds is 2. The minimum Gasteiger partial charge on any atom is -0.342 e. The molecule has 18 heavy (non-hydrogen) atoms. The summed E-state index contributed by atoms with van der Waals surface area (Å²) >= 11 is 0. The summed E-state index contributed by atoms with van der Waals surface area (Å²) in [5.41, 5.74) is 0.808. The Hall–Kier alpha value is -1.84. The monoisotopic (exact) mass is 246 g/mol. The van der Waals surface area contributed by atoms with E-state index in [9.17, 15) is 9.59 Å². The molecule has 0 aliphatic carbocycles. The van der Waals surface area contributed by atoms with Gasteiger partial charge in [0.1, 0.15) is 0 Å². The molecule has 1 atom stereocenters. The Bertz CT molecular complexity index is 431. The molecule has 4 heteroatoms. The third-order valence-corrected chi connectivity index (χ3v) is 3.28. The van der Waals surface area contributed by atoms with Crippen LogP contribution in [0.3, 0.4) is 0 Å². The van der Waals surface area contributed by atoms with Crippen LogP contribution in [0.1, 0.15) is 19.8 Å². The van der Waals surface area contributed by atoms with Crippen LogP contribution in [0.5, 0.6) is 0 Å². The highest BCUT2D eigenvalue weighted by Crippen LogP contribution is 2.18. The maximum absolute atomic E-state index is 12.1. The molecule has 2 rings (SSSR count). The summed E-state index contributed by atoms with van der Waals surface area (Å²) in [7, 11) is 0. The molecule has 96 valence electrons. The smallest absolute Gasteiger partial charge is 0.229 e.